The molecule has 6 aromatic rings. The first-order chi connectivity index (χ1) is 19.9. The van der Waals surface area contributed by atoms with Crippen molar-refractivity contribution in [2.45, 2.75) is 13.8 Å². The predicted molar refractivity (Wildman–Crippen MR) is 160 cm³/mol. The smallest absolute Gasteiger partial charge is 0.291 e. The third-order valence-electron chi connectivity index (χ3n) is 6.72. The molecule has 0 atom stereocenters. The first-order valence-corrected chi connectivity index (χ1v) is 14.6. The zero-order valence-electron chi connectivity index (χ0n) is 21.5. The molecule has 0 N–H and O–H groups in total. The molecule has 1 aliphatic rings. The average molecular weight is 600 g/mol. The van der Waals surface area contributed by atoms with E-state index in [9.17, 15) is 14.4 Å². The topological polar surface area (TPSA) is 107 Å². The van der Waals surface area contributed by atoms with Crippen LogP contribution in [0.1, 0.15) is 33.5 Å². The average Bonchev–Trinajstić information content (AvgIpc) is 3.68. The molecule has 202 valence electrons. The fourth-order valence-corrected chi connectivity index (χ4v) is 7.01. The van der Waals surface area contributed by atoms with E-state index >= 15 is 0 Å². The summed E-state index contributed by atoms with van der Waals surface area (Å²) in [4.78, 5) is 55.8. The van der Waals surface area contributed by atoms with Crippen LogP contribution in [0, 0.1) is 6.92 Å². The second-order valence-electron chi connectivity index (χ2n) is 9.19. The molecule has 1 aromatic carbocycles. The highest BCUT2D eigenvalue weighted by Crippen LogP contribution is 2.41. The number of aromatic nitrogens is 4. The minimum atomic E-state index is -0.572. The van der Waals surface area contributed by atoms with E-state index in [0.29, 0.717) is 34.1 Å². The van der Waals surface area contributed by atoms with Gasteiger partial charge in [0.2, 0.25) is 5.88 Å². The first kappa shape index (κ1) is 25.5. The van der Waals surface area contributed by atoms with Gasteiger partial charge in [-0.15, -0.1) is 22.7 Å². The number of halogens is 1. The van der Waals surface area contributed by atoms with E-state index in [-0.39, 0.29) is 26.8 Å². The van der Waals surface area contributed by atoms with E-state index in [1.807, 2.05) is 30.5 Å². The van der Waals surface area contributed by atoms with Crippen molar-refractivity contribution in [3.63, 3.8) is 0 Å². The second kappa shape index (κ2) is 9.58. The summed E-state index contributed by atoms with van der Waals surface area (Å²) in [6, 6.07) is 15.9. The molecule has 12 heteroatoms. The highest BCUT2D eigenvalue weighted by Gasteiger charge is 2.38. The minimum absolute atomic E-state index is 0.209. The third kappa shape index (κ3) is 3.96. The van der Waals surface area contributed by atoms with Crippen molar-refractivity contribution in [2.24, 2.45) is 0 Å². The van der Waals surface area contributed by atoms with Gasteiger partial charge < -0.3 is 4.74 Å². The maximum absolute atomic E-state index is 14.0. The van der Waals surface area contributed by atoms with Gasteiger partial charge in [-0.3, -0.25) is 14.4 Å². The van der Waals surface area contributed by atoms with E-state index in [1.165, 1.54) is 0 Å². The number of ether oxygens (including phenoxy) is 1. The number of amides is 2. The van der Waals surface area contributed by atoms with E-state index in [4.69, 9.17) is 26.3 Å². The quantitative estimate of drug-likeness (QED) is 0.174. The zero-order chi connectivity index (χ0) is 28.4. The molecule has 2 amide bonds. The maximum Gasteiger partial charge on any atom is 0.291 e. The van der Waals surface area contributed by atoms with E-state index < -0.39 is 17.4 Å². The summed E-state index contributed by atoms with van der Waals surface area (Å²) in [5.41, 5.74) is 2.61. The molecule has 0 saturated heterocycles. The second-order valence-corrected chi connectivity index (χ2v) is 11.5. The Hall–Kier alpha value is -4.45. The summed E-state index contributed by atoms with van der Waals surface area (Å²) >= 11 is 9.02. The van der Waals surface area contributed by atoms with Gasteiger partial charge >= 0.3 is 0 Å². The molecule has 0 saturated carbocycles. The molecule has 0 bridgehead atoms. The van der Waals surface area contributed by atoms with Crippen LogP contribution in [0.5, 0.6) is 5.88 Å². The van der Waals surface area contributed by atoms with Crippen LogP contribution in [0.15, 0.2) is 64.8 Å². The maximum atomic E-state index is 14.0. The van der Waals surface area contributed by atoms with Crippen LogP contribution >= 0.6 is 34.3 Å². The van der Waals surface area contributed by atoms with Crippen molar-refractivity contribution in [1.82, 2.24) is 19.6 Å². The van der Waals surface area contributed by atoms with Gasteiger partial charge in [0.1, 0.15) is 20.5 Å². The molecular weight excluding hydrogens is 582 g/mol. The van der Waals surface area contributed by atoms with E-state index in [2.05, 4.69) is 4.98 Å². The van der Waals surface area contributed by atoms with Gasteiger partial charge in [-0.2, -0.15) is 9.69 Å². The Balaban J connectivity index is 1.48. The van der Waals surface area contributed by atoms with Gasteiger partial charge in [-0.25, -0.2) is 15.0 Å². The van der Waals surface area contributed by atoms with Crippen LogP contribution in [0.3, 0.4) is 0 Å². The monoisotopic (exact) mass is 599 g/mol. The largest absolute Gasteiger partial charge is 0.478 e. The fourth-order valence-electron chi connectivity index (χ4n) is 5.00. The molecule has 6 heterocycles. The Labute approximate surface area is 245 Å². The van der Waals surface area contributed by atoms with Gasteiger partial charge in [0.05, 0.1) is 28.9 Å². The van der Waals surface area contributed by atoms with Crippen LogP contribution in [0.4, 0.5) is 0 Å². The number of fused-ring (bicyclic) bond motifs is 4. The lowest BCUT2D eigenvalue weighted by Crippen LogP contribution is -2.47. The molecule has 0 unspecified atom stereocenters. The number of pyridine rings is 2. The van der Waals surface area contributed by atoms with Crippen molar-refractivity contribution < 1.29 is 14.3 Å². The molecule has 41 heavy (non-hydrogen) atoms. The third-order valence-corrected chi connectivity index (χ3v) is 8.88. The van der Waals surface area contributed by atoms with Crippen LogP contribution in [0.2, 0.25) is 5.15 Å². The Kier molecular flexibility index (Phi) is 5.96. The number of hydrogen-bond acceptors (Lipinski definition) is 9. The minimum Gasteiger partial charge on any atom is -0.478 e. The first-order valence-electron chi connectivity index (χ1n) is 12.6. The Bertz CT molecular complexity index is 2090. The molecular formula is C29H18ClN5O4S2. The summed E-state index contributed by atoms with van der Waals surface area (Å²) in [5.74, 6) is -0.554. The lowest BCUT2D eigenvalue weighted by molar-refractivity contribution is 0.0882. The van der Waals surface area contributed by atoms with Crippen molar-refractivity contribution in [3.05, 3.63) is 92.4 Å². The molecule has 9 nitrogen and oxygen atoms in total. The van der Waals surface area contributed by atoms with Crippen LogP contribution in [-0.4, -0.2) is 38.0 Å². The zero-order valence-corrected chi connectivity index (χ0v) is 23.9. The number of rotatable bonds is 5. The Morgan fingerprint density at radius 1 is 0.927 bits per heavy atom. The number of benzene rings is 1. The standard InChI is InChI=1S/C29H18ClN5O4S2/c1-3-39-22-12-15(11-21(30)33-22)19-13-18(20-9-6-10-40-20)23-24-25(41-26(23)32-19)29(38)34(14(2)31-24)35-27(36)16-7-4-5-8-17(16)28(35)37/h4-13H,3H2,1-2H3. The summed E-state index contributed by atoms with van der Waals surface area (Å²) in [5, 5.41) is 3.83. The molecule has 0 fully saturated rings. The summed E-state index contributed by atoms with van der Waals surface area (Å²) in [6.07, 6.45) is 0. The number of nitrogens with zero attached hydrogens (tertiary/aromatic N) is 5. The van der Waals surface area contributed by atoms with E-state index in [0.717, 1.165) is 36.8 Å². The molecule has 0 radical (unpaired) electrons. The number of imide groups is 1. The van der Waals surface area contributed by atoms with Gasteiger partial charge in [0.15, 0.2) is 0 Å². The number of hydrogen-bond donors (Lipinski definition) is 0. The highest BCUT2D eigenvalue weighted by molar-refractivity contribution is 7.25. The summed E-state index contributed by atoms with van der Waals surface area (Å²) in [6.45, 7) is 3.90. The van der Waals surface area contributed by atoms with Crippen molar-refractivity contribution >= 4 is 66.5 Å². The summed E-state index contributed by atoms with van der Waals surface area (Å²) < 4.78 is 6.93. The lowest BCUT2D eigenvalue weighted by Gasteiger charge is -2.18. The van der Waals surface area contributed by atoms with Crippen LogP contribution in [-0.2, 0) is 0 Å². The van der Waals surface area contributed by atoms with Crippen LogP contribution < -0.4 is 15.3 Å². The van der Waals surface area contributed by atoms with Crippen molar-refractivity contribution in [3.8, 4) is 27.6 Å². The molecule has 1 aliphatic heterocycles. The predicted octanol–water partition coefficient (Wildman–Crippen LogP) is 6.09. The summed E-state index contributed by atoms with van der Waals surface area (Å²) in [7, 11) is 0. The normalized spacial score (nSPS) is 13.0. The van der Waals surface area contributed by atoms with Gasteiger partial charge in [0, 0.05) is 27.5 Å². The van der Waals surface area contributed by atoms with Crippen LogP contribution in [0.25, 0.3) is 42.1 Å². The SMILES string of the molecule is CCOc1cc(-c2cc(-c3cccs3)c3c(n2)sc2c(=O)n(N4C(=O)c5ccccc5C4=O)c(C)nc23)cc(Cl)n1. The number of thiophene rings is 2. The Morgan fingerprint density at radius 2 is 1.68 bits per heavy atom. The fraction of sp³-hybridized carbons (Fsp3) is 0.103. The molecule has 0 spiro atoms. The van der Waals surface area contributed by atoms with Crippen molar-refractivity contribution in [2.75, 3.05) is 11.6 Å². The molecule has 0 aliphatic carbocycles. The number of carbonyl (C=O) groups is 2. The number of carbonyl (C=O) groups excluding carboxylic acids is 2. The van der Waals surface area contributed by atoms with E-state index in [1.54, 1.807) is 54.7 Å². The van der Waals surface area contributed by atoms with Crippen molar-refractivity contribution in [1.29, 1.82) is 0 Å². The lowest BCUT2D eigenvalue weighted by atomic mass is 10.1. The van der Waals surface area contributed by atoms with Gasteiger partial charge in [0.25, 0.3) is 17.4 Å². The Morgan fingerprint density at radius 3 is 2.37 bits per heavy atom. The molecule has 5 aromatic heterocycles. The van der Waals surface area contributed by atoms with Gasteiger partial charge in [-0.1, -0.05) is 29.8 Å². The molecule has 7 rings (SSSR count). The highest BCUT2D eigenvalue weighted by atomic mass is 35.5. The van der Waals surface area contributed by atoms with Gasteiger partial charge in [-0.05, 0) is 49.6 Å². The number of aryl methyl sites for hydroxylation is 1.